The van der Waals surface area contributed by atoms with Crippen molar-refractivity contribution in [1.82, 2.24) is 0 Å². The number of nitrogens with zero attached hydrogens (tertiary/aromatic N) is 1. The molecule has 0 radical (unpaired) electrons. The van der Waals surface area contributed by atoms with Gasteiger partial charge in [-0.15, -0.1) is 0 Å². The highest BCUT2D eigenvalue weighted by Crippen LogP contribution is 2.47. The van der Waals surface area contributed by atoms with E-state index in [1.54, 1.807) is 12.1 Å². The van der Waals surface area contributed by atoms with Crippen LogP contribution in [-0.4, -0.2) is 56.2 Å². The van der Waals surface area contributed by atoms with Crippen LogP contribution in [0.2, 0.25) is 0 Å². The Kier molecular flexibility index (Phi) is 10.0. The Hall–Kier alpha value is -3.88. The molecule has 4 rings (SSSR count). The van der Waals surface area contributed by atoms with Gasteiger partial charge in [0, 0.05) is 30.0 Å². The molecule has 3 aromatic rings. The van der Waals surface area contributed by atoms with Gasteiger partial charge in [0.05, 0.1) is 24.5 Å². The van der Waals surface area contributed by atoms with Gasteiger partial charge in [-0.2, -0.15) is 0 Å². The molecular formula is C33H38FN2O5+. The van der Waals surface area contributed by atoms with Crippen molar-refractivity contribution < 1.29 is 33.9 Å². The van der Waals surface area contributed by atoms with Crippen molar-refractivity contribution in [2.45, 2.75) is 57.3 Å². The minimum absolute atomic E-state index is 0.0343. The van der Waals surface area contributed by atoms with Gasteiger partial charge in [0.25, 0.3) is 0 Å². The monoisotopic (exact) mass is 561 g/mol. The first-order valence-corrected chi connectivity index (χ1v) is 14.0. The molecule has 3 aromatic carbocycles. The summed E-state index contributed by atoms with van der Waals surface area (Å²) in [5.74, 6) is -2.54. The molecular weight excluding hydrogens is 523 g/mol. The fourth-order valence-corrected chi connectivity index (χ4v) is 6.00. The van der Waals surface area contributed by atoms with Crippen molar-refractivity contribution in [1.29, 1.82) is 0 Å². The number of amides is 1. The lowest BCUT2D eigenvalue weighted by Crippen LogP contribution is -2.35. The van der Waals surface area contributed by atoms with Crippen molar-refractivity contribution >= 4 is 23.3 Å². The molecule has 1 heterocycles. The number of hydrogen-bond acceptors (Lipinski definition) is 4. The third kappa shape index (κ3) is 7.45. The molecule has 0 aromatic heterocycles. The van der Waals surface area contributed by atoms with Crippen molar-refractivity contribution in [3.05, 3.63) is 102 Å². The Bertz CT molecular complexity index is 1350. The number of carboxylic acid groups (broad SMARTS) is 1. The van der Waals surface area contributed by atoms with Gasteiger partial charge in [0.2, 0.25) is 5.91 Å². The molecule has 0 saturated heterocycles. The number of hydrogen-bond donors (Lipinski definition) is 4. The van der Waals surface area contributed by atoms with Gasteiger partial charge in [0.1, 0.15) is 18.3 Å². The van der Waals surface area contributed by atoms with Crippen LogP contribution < -0.4 is 5.32 Å². The summed E-state index contributed by atoms with van der Waals surface area (Å²) in [5.41, 5.74) is 3.40. The molecule has 216 valence electrons. The number of halogens is 1. The topological polar surface area (TPSA) is 110 Å². The van der Waals surface area contributed by atoms with Crippen molar-refractivity contribution in [2.75, 3.05) is 11.9 Å². The number of rotatable bonds is 12. The summed E-state index contributed by atoms with van der Waals surface area (Å²) < 4.78 is 16.2. The second-order valence-electron chi connectivity index (χ2n) is 11.0. The lowest BCUT2D eigenvalue weighted by Gasteiger charge is -2.23. The van der Waals surface area contributed by atoms with Gasteiger partial charge >= 0.3 is 5.97 Å². The fourth-order valence-electron chi connectivity index (χ4n) is 6.00. The quantitative estimate of drug-likeness (QED) is 0.233. The van der Waals surface area contributed by atoms with E-state index in [0.29, 0.717) is 12.2 Å². The van der Waals surface area contributed by atoms with Crippen LogP contribution in [0.3, 0.4) is 0 Å². The van der Waals surface area contributed by atoms with E-state index in [0.717, 1.165) is 16.8 Å². The number of aliphatic carboxylic acids is 1. The number of aliphatic hydroxyl groups excluding tert-OH is 2. The van der Waals surface area contributed by atoms with E-state index in [1.807, 2.05) is 74.5 Å². The molecule has 5 unspecified atom stereocenters. The van der Waals surface area contributed by atoms with E-state index >= 15 is 0 Å². The van der Waals surface area contributed by atoms with E-state index in [9.17, 15) is 24.2 Å². The van der Waals surface area contributed by atoms with Gasteiger partial charge in [-0.1, -0.05) is 62.4 Å². The number of nitrogens with one attached hydrogen (secondary N) is 1. The minimum atomic E-state index is -1.16. The van der Waals surface area contributed by atoms with Crippen molar-refractivity contribution in [2.24, 2.45) is 11.8 Å². The average Bonchev–Trinajstić information content (AvgIpc) is 3.28. The summed E-state index contributed by atoms with van der Waals surface area (Å²) in [7, 11) is 0. The number of para-hydroxylation sites is 1. The normalized spacial score (nSPS) is 20.2. The summed E-state index contributed by atoms with van der Waals surface area (Å²) in [4.78, 5) is 25.1. The lowest BCUT2D eigenvalue weighted by molar-refractivity contribution is -0.570. The molecule has 0 bridgehead atoms. The fraction of sp³-hybridized carbons (Fsp3) is 0.364. The number of carboxylic acids is 1. The molecule has 0 aliphatic carbocycles. The van der Waals surface area contributed by atoms with Gasteiger partial charge < -0.3 is 20.6 Å². The van der Waals surface area contributed by atoms with E-state index < -0.39 is 30.5 Å². The summed E-state index contributed by atoms with van der Waals surface area (Å²) >= 11 is 0. The Labute approximate surface area is 240 Å². The zero-order valence-electron chi connectivity index (χ0n) is 23.4. The third-order valence-corrected chi connectivity index (χ3v) is 7.65. The van der Waals surface area contributed by atoms with E-state index in [2.05, 4.69) is 9.89 Å². The Morgan fingerprint density at radius 3 is 2.07 bits per heavy atom. The molecule has 41 heavy (non-hydrogen) atoms. The highest BCUT2D eigenvalue weighted by molar-refractivity contribution is 6.09. The van der Waals surface area contributed by atoms with E-state index in [-0.39, 0.29) is 42.4 Å². The summed E-state index contributed by atoms with van der Waals surface area (Å²) in [6.07, 6.45) is -2.37. The maximum Gasteiger partial charge on any atom is 0.305 e. The van der Waals surface area contributed by atoms with Crippen LogP contribution in [0, 0.1) is 17.7 Å². The van der Waals surface area contributed by atoms with E-state index in [4.69, 9.17) is 5.11 Å². The molecule has 5 atom stereocenters. The number of benzene rings is 3. The molecule has 0 saturated carbocycles. The number of carbonyl (C=O) groups excluding carboxylic acids is 1. The van der Waals surface area contributed by atoms with Crippen molar-refractivity contribution in [3.63, 3.8) is 0 Å². The largest absolute Gasteiger partial charge is 0.481 e. The second-order valence-corrected chi connectivity index (χ2v) is 11.0. The third-order valence-electron chi connectivity index (χ3n) is 7.65. The summed E-state index contributed by atoms with van der Waals surface area (Å²) in [6.45, 7) is 4.43. The predicted octanol–water partition coefficient (Wildman–Crippen LogP) is 5.01. The van der Waals surface area contributed by atoms with Gasteiger partial charge in [-0.05, 0) is 42.0 Å². The van der Waals surface area contributed by atoms with Crippen LogP contribution >= 0.6 is 0 Å². The molecule has 1 aliphatic heterocycles. The van der Waals surface area contributed by atoms with Crippen LogP contribution in [0.5, 0.6) is 0 Å². The maximum atomic E-state index is 14.1. The standard InChI is InChI=1S/C33H37FN2O5/c1-21(2)31-30(33(41)35-25-11-7-4-8-12-25)29(22-9-5-3-6-10-22)32(23-13-15-24(34)16-14-23)36(31)18-17-26(37)19-27(38)20-28(39)40/h3-16,21,26-27,29-30,32,37-38H,17-20H2,1-2H3,(H-,35,39,40,41)/p+1. The Morgan fingerprint density at radius 2 is 1.49 bits per heavy atom. The predicted molar refractivity (Wildman–Crippen MR) is 155 cm³/mol. The van der Waals surface area contributed by atoms with Crippen LogP contribution in [-0.2, 0) is 9.59 Å². The molecule has 4 N–H and O–H groups in total. The first kappa shape index (κ1) is 30.1. The second kappa shape index (κ2) is 13.7. The molecule has 1 amide bonds. The van der Waals surface area contributed by atoms with Crippen LogP contribution in [0.1, 0.15) is 56.2 Å². The number of aliphatic hydroxyl groups is 2. The number of carbonyl (C=O) groups is 2. The molecule has 0 spiro atoms. The SMILES string of the molecule is CC(C)C1=[N+](CCC(O)CC(O)CC(=O)O)C(c2ccc(F)cc2)C(c2ccccc2)C1C(=O)Nc1ccccc1. The van der Waals surface area contributed by atoms with Crippen LogP contribution in [0.25, 0.3) is 0 Å². The van der Waals surface area contributed by atoms with Gasteiger partial charge in [-0.25, -0.2) is 8.97 Å². The average molecular weight is 562 g/mol. The summed E-state index contributed by atoms with van der Waals surface area (Å²) in [6, 6.07) is 25.1. The summed E-state index contributed by atoms with van der Waals surface area (Å²) in [5, 5.41) is 32.9. The molecule has 0 fully saturated rings. The zero-order chi connectivity index (χ0) is 29.5. The van der Waals surface area contributed by atoms with Crippen LogP contribution in [0.15, 0.2) is 84.9 Å². The van der Waals surface area contributed by atoms with E-state index in [1.165, 1.54) is 12.1 Å². The first-order valence-electron chi connectivity index (χ1n) is 14.0. The molecule has 1 aliphatic rings. The number of anilines is 1. The highest BCUT2D eigenvalue weighted by Gasteiger charge is 2.54. The van der Waals surface area contributed by atoms with Gasteiger partial charge in [-0.3, -0.25) is 9.59 Å². The Morgan fingerprint density at radius 1 is 0.878 bits per heavy atom. The molecule has 8 heteroatoms. The molecule has 7 nitrogen and oxygen atoms in total. The zero-order valence-corrected chi connectivity index (χ0v) is 23.4. The highest BCUT2D eigenvalue weighted by atomic mass is 19.1. The Balaban J connectivity index is 1.78. The van der Waals surface area contributed by atoms with Crippen LogP contribution in [0.4, 0.5) is 10.1 Å². The van der Waals surface area contributed by atoms with Gasteiger partial charge in [0.15, 0.2) is 11.8 Å². The first-order chi connectivity index (χ1) is 19.7. The maximum absolute atomic E-state index is 14.1. The lowest BCUT2D eigenvalue weighted by atomic mass is 9.77. The van der Waals surface area contributed by atoms with Crippen molar-refractivity contribution in [3.8, 4) is 0 Å². The smallest absolute Gasteiger partial charge is 0.305 e. The minimum Gasteiger partial charge on any atom is -0.481 e.